The Morgan fingerprint density at radius 1 is 1.41 bits per heavy atom. The van der Waals surface area contributed by atoms with E-state index in [-0.39, 0.29) is 0 Å². The van der Waals surface area contributed by atoms with Crippen LogP contribution in [0.5, 0.6) is 0 Å². The third-order valence-corrected chi connectivity index (χ3v) is 2.04. The van der Waals surface area contributed by atoms with Crippen molar-refractivity contribution in [2.24, 2.45) is 5.73 Å². The fraction of sp³-hybridized carbons (Fsp3) is 0.333. The summed E-state index contributed by atoms with van der Waals surface area (Å²) in [5.74, 6) is -0.872. The van der Waals surface area contributed by atoms with Crippen molar-refractivity contribution in [3.8, 4) is 0 Å². The second-order valence-corrected chi connectivity index (χ2v) is 3.39. The van der Waals surface area contributed by atoms with Gasteiger partial charge in [-0.15, -0.1) is 0 Å². The van der Waals surface area contributed by atoms with Crippen LogP contribution in [0.1, 0.15) is 18.0 Å². The van der Waals surface area contributed by atoms with Crippen molar-refractivity contribution in [1.82, 2.24) is 0 Å². The molecule has 0 saturated heterocycles. The zero-order valence-electron chi connectivity index (χ0n) is 8.37. The first kappa shape index (κ1) is 13.4. The number of benzene rings is 1. The number of hydrogen-bond donors (Lipinski definition) is 1. The van der Waals surface area contributed by atoms with E-state index in [4.69, 9.17) is 5.73 Å². The van der Waals surface area contributed by atoms with E-state index in [9.17, 15) is 27.7 Å². The van der Waals surface area contributed by atoms with E-state index in [0.29, 0.717) is 6.07 Å². The summed E-state index contributed by atoms with van der Waals surface area (Å²) in [5, 5.41) is 10.5. The molecule has 0 spiro atoms. The van der Waals surface area contributed by atoms with Crippen LogP contribution in [0, 0.1) is 15.9 Å². The van der Waals surface area contributed by atoms with Crippen molar-refractivity contribution in [2.75, 3.05) is 0 Å². The molecule has 2 N–H and O–H groups in total. The molecule has 0 fully saturated rings. The summed E-state index contributed by atoms with van der Waals surface area (Å²) in [6.07, 6.45) is -6.02. The van der Waals surface area contributed by atoms with Gasteiger partial charge in [0.15, 0.2) is 0 Å². The Morgan fingerprint density at radius 3 is 2.47 bits per heavy atom. The molecular weight excluding hydrogens is 244 g/mol. The molecule has 4 nitrogen and oxygen atoms in total. The van der Waals surface area contributed by atoms with Crippen LogP contribution in [0.4, 0.5) is 23.2 Å². The van der Waals surface area contributed by atoms with E-state index in [1.54, 1.807) is 0 Å². The number of alkyl halides is 3. The Kier molecular flexibility index (Phi) is 3.66. The Bertz CT molecular complexity index is 433. The van der Waals surface area contributed by atoms with Gasteiger partial charge in [-0.05, 0) is 12.1 Å². The van der Waals surface area contributed by atoms with Crippen LogP contribution in [0.15, 0.2) is 18.2 Å². The third-order valence-electron chi connectivity index (χ3n) is 2.04. The van der Waals surface area contributed by atoms with Gasteiger partial charge in [-0.3, -0.25) is 10.1 Å². The Balaban J connectivity index is 3.10. The van der Waals surface area contributed by atoms with E-state index >= 15 is 0 Å². The van der Waals surface area contributed by atoms with Crippen LogP contribution in [-0.4, -0.2) is 11.1 Å². The second kappa shape index (κ2) is 4.66. The molecule has 94 valence electrons. The summed E-state index contributed by atoms with van der Waals surface area (Å²) in [7, 11) is 0. The molecule has 0 saturated carbocycles. The zero-order valence-corrected chi connectivity index (χ0v) is 8.37. The highest BCUT2D eigenvalue weighted by Gasteiger charge is 2.33. The summed E-state index contributed by atoms with van der Waals surface area (Å²) in [6.45, 7) is 0. The molecule has 0 aliphatic carbocycles. The molecule has 0 unspecified atom stereocenters. The maximum Gasteiger partial charge on any atom is 0.390 e. The standard InChI is InChI=1S/C9H8F4N2O2/c10-5-1-2-8(15(16)17)6(3-5)7(14)4-9(11,12)13/h1-3,7H,4,14H2/t7-/m1/s1. The van der Waals surface area contributed by atoms with Crippen molar-refractivity contribution in [3.63, 3.8) is 0 Å². The first-order valence-corrected chi connectivity index (χ1v) is 4.47. The normalized spacial score (nSPS) is 13.5. The van der Waals surface area contributed by atoms with Crippen LogP contribution in [0.25, 0.3) is 0 Å². The smallest absolute Gasteiger partial charge is 0.323 e. The predicted molar refractivity (Wildman–Crippen MR) is 50.7 cm³/mol. The molecule has 8 heteroatoms. The Morgan fingerprint density at radius 2 is 2.00 bits per heavy atom. The van der Waals surface area contributed by atoms with Crippen molar-refractivity contribution >= 4 is 5.69 Å². The fourth-order valence-electron chi connectivity index (χ4n) is 1.35. The first-order valence-electron chi connectivity index (χ1n) is 4.47. The molecule has 0 aliphatic heterocycles. The maximum atomic E-state index is 12.8. The molecule has 0 aliphatic rings. The van der Waals surface area contributed by atoms with E-state index < -0.39 is 40.6 Å². The number of rotatable bonds is 3. The second-order valence-electron chi connectivity index (χ2n) is 3.39. The highest BCUT2D eigenvalue weighted by atomic mass is 19.4. The lowest BCUT2D eigenvalue weighted by atomic mass is 10.0. The van der Waals surface area contributed by atoms with Gasteiger partial charge in [0.2, 0.25) is 0 Å². The fourth-order valence-corrected chi connectivity index (χ4v) is 1.35. The average molecular weight is 252 g/mol. The summed E-state index contributed by atoms with van der Waals surface area (Å²) in [4.78, 5) is 9.65. The quantitative estimate of drug-likeness (QED) is 0.510. The van der Waals surface area contributed by atoms with Gasteiger partial charge in [0.1, 0.15) is 5.82 Å². The number of nitro benzene ring substituents is 1. The van der Waals surface area contributed by atoms with Crippen LogP contribution < -0.4 is 5.73 Å². The van der Waals surface area contributed by atoms with Gasteiger partial charge in [-0.25, -0.2) is 4.39 Å². The van der Waals surface area contributed by atoms with Crippen LogP contribution in [0.3, 0.4) is 0 Å². The summed E-state index contributed by atoms with van der Waals surface area (Å²) in [6, 6.07) is 0.572. The van der Waals surface area contributed by atoms with Crippen LogP contribution in [-0.2, 0) is 0 Å². The minimum Gasteiger partial charge on any atom is -0.323 e. The summed E-state index contributed by atoms with van der Waals surface area (Å²) in [5.41, 5.74) is 4.11. The molecular formula is C9H8F4N2O2. The van der Waals surface area contributed by atoms with Crippen molar-refractivity contribution in [3.05, 3.63) is 39.7 Å². The molecule has 1 aromatic rings. The van der Waals surface area contributed by atoms with Gasteiger partial charge < -0.3 is 5.73 Å². The SMILES string of the molecule is N[C@H](CC(F)(F)F)c1cc(F)ccc1[N+](=O)[O-]. The lowest BCUT2D eigenvalue weighted by molar-refractivity contribution is -0.385. The number of hydrogen-bond acceptors (Lipinski definition) is 3. The maximum absolute atomic E-state index is 12.8. The van der Waals surface area contributed by atoms with E-state index in [2.05, 4.69) is 0 Å². The van der Waals surface area contributed by atoms with E-state index in [0.717, 1.165) is 12.1 Å². The number of nitrogens with zero attached hydrogens (tertiary/aromatic N) is 1. The molecule has 0 radical (unpaired) electrons. The molecule has 0 amide bonds. The Hall–Kier alpha value is -1.70. The van der Waals surface area contributed by atoms with Gasteiger partial charge >= 0.3 is 6.18 Å². The Labute approximate surface area is 93.2 Å². The molecule has 17 heavy (non-hydrogen) atoms. The molecule has 1 rings (SSSR count). The summed E-state index contributed by atoms with van der Waals surface area (Å²) >= 11 is 0. The lowest BCUT2D eigenvalue weighted by Crippen LogP contribution is -2.21. The molecule has 1 aromatic carbocycles. The van der Waals surface area contributed by atoms with Gasteiger partial charge in [0.05, 0.1) is 11.3 Å². The highest BCUT2D eigenvalue weighted by Crippen LogP contribution is 2.32. The average Bonchev–Trinajstić information content (AvgIpc) is 2.14. The van der Waals surface area contributed by atoms with Gasteiger partial charge in [0, 0.05) is 17.7 Å². The highest BCUT2D eigenvalue weighted by molar-refractivity contribution is 5.42. The van der Waals surface area contributed by atoms with Crippen molar-refractivity contribution in [1.29, 1.82) is 0 Å². The van der Waals surface area contributed by atoms with Crippen LogP contribution >= 0.6 is 0 Å². The minimum absolute atomic E-state index is 0.465. The van der Waals surface area contributed by atoms with E-state index in [1.165, 1.54) is 0 Å². The third kappa shape index (κ3) is 3.66. The number of halogens is 4. The number of nitrogens with two attached hydrogens (primary N) is 1. The van der Waals surface area contributed by atoms with Crippen molar-refractivity contribution < 1.29 is 22.5 Å². The van der Waals surface area contributed by atoms with Crippen LogP contribution in [0.2, 0.25) is 0 Å². The minimum atomic E-state index is -4.57. The van der Waals surface area contributed by atoms with Gasteiger partial charge in [-0.2, -0.15) is 13.2 Å². The van der Waals surface area contributed by atoms with Gasteiger partial charge in [0.25, 0.3) is 5.69 Å². The number of nitro groups is 1. The van der Waals surface area contributed by atoms with Crippen molar-refractivity contribution in [2.45, 2.75) is 18.6 Å². The molecule has 1 atom stereocenters. The largest absolute Gasteiger partial charge is 0.390 e. The summed E-state index contributed by atoms with van der Waals surface area (Å²) < 4.78 is 49.1. The molecule has 0 heterocycles. The first-order chi connectivity index (χ1) is 7.70. The topological polar surface area (TPSA) is 69.2 Å². The predicted octanol–water partition coefficient (Wildman–Crippen LogP) is 2.69. The van der Waals surface area contributed by atoms with E-state index in [1.807, 2.05) is 0 Å². The lowest BCUT2D eigenvalue weighted by Gasteiger charge is -2.14. The monoisotopic (exact) mass is 252 g/mol. The van der Waals surface area contributed by atoms with Gasteiger partial charge in [-0.1, -0.05) is 0 Å². The molecule has 0 aromatic heterocycles. The zero-order chi connectivity index (χ0) is 13.2. The molecule has 0 bridgehead atoms.